The van der Waals surface area contributed by atoms with Crippen molar-refractivity contribution in [3.63, 3.8) is 0 Å². The number of ether oxygens (including phenoxy) is 1. The van der Waals surface area contributed by atoms with E-state index in [9.17, 15) is 4.79 Å². The molecule has 0 aliphatic carbocycles. The first-order valence-corrected chi connectivity index (χ1v) is 8.84. The van der Waals surface area contributed by atoms with Crippen LogP contribution in [0.3, 0.4) is 0 Å². The van der Waals surface area contributed by atoms with E-state index in [0.29, 0.717) is 12.5 Å². The van der Waals surface area contributed by atoms with Crippen molar-refractivity contribution in [3.05, 3.63) is 36.7 Å². The number of nitrogens with one attached hydrogen (secondary N) is 1. The normalized spacial score (nSPS) is 14.9. The van der Waals surface area contributed by atoms with Gasteiger partial charge in [-0.1, -0.05) is 6.07 Å². The highest BCUT2D eigenvalue weighted by atomic mass is 16.5. The van der Waals surface area contributed by atoms with E-state index in [-0.39, 0.29) is 0 Å². The topological polar surface area (TPSA) is 87.6 Å². The van der Waals surface area contributed by atoms with Gasteiger partial charge in [-0.05, 0) is 43.4 Å². The number of rotatable bonds is 6. The summed E-state index contributed by atoms with van der Waals surface area (Å²) in [6.07, 6.45) is 5.50. The van der Waals surface area contributed by atoms with Crippen molar-refractivity contribution >= 4 is 11.9 Å². The van der Waals surface area contributed by atoms with Crippen molar-refractivity contribution in [3.8, 4) is 17.0 Å². The maximum atomic E-state index is 10.5. The van der Waals surface area contributed by atoms with Crippen LogP contribution < -0.4 is 15.0 Å². The fourth-order valence-electron chi connectivity index (χ4n) is 3.34. The SMILES string of the molecule is COc1ccncc1-c1cccc(N2CCC(CCNC(=O)O)CC2)n1. The molecule has 0 unspecified atom stereocenters. The number of aromatic nitrogens is 2. The molecule has 1 amide bonds. The van der Waals surface area contributed by atoms with Crippen molar-refractivity contribution in [1.82, 2.24) is 15.3 Å². The number of nitrogens with zero attached hydrogens (tertiary/aromatic N) is 3. The van der Waals surface area contributed by atoms with Gasteiger partial charge in [0.05, 0.1) is 18.4 Å². The van der Waals surface area contributed by atoms with Crippen LogP contribution in [0.1, 0.15) is 19.3 Å². The maximum Gasteiger partial charge on any atom is 0.404 e. The fraction of sp³-hybridized carbons (Fsp3) is 0.421. The van der Waals surface area contributed by atoms with Crippen molar-refractivity contribution in [2.24, 2.45) is 5.92 Å². The molecule has 2 aromatic heterocycles. The number of hydrogen-bond acceptors (Lipinski definition) is 5. The molecule has 1 saturated heterocycles. The van der Waals surface area contributed by atoms with E-state index in [1.54, 1.807) is 19.5 Å². The molecule has 7 nitrogen and oxygen atoms in total. The highest BCUT2D eigenvalue weighted by molar-refractivity contribution is 5.67. The summed E-state index contributed by atoms with van der Waals surface area (Å²) >= 11 is 0. The summed E-state index contributed by atoms with van der Waals surface area (Å²) in [6, 6.07) is 7.83. The average Bonchev–Trinajstić information content (AvgIpc) is 2.68. The van der Waals surface area contributed by atoms with E-state index < -0.39 is 6.09 Å². The molecule has 1 fully saturated rings. The van der Waals surface area contributed by atoms with Crippen LogP contribution in [0, 0.1) is 5.92 Å². The Morgan fingerprint density at radius 3 is 2.88 bits per heavy atom. The Morgan fingerprint density at radius 1 is 1.35 bits per heavy atom. The van der Waals surface area contributed by atoms with Gasteiger partial charge in [0.2, 0.25) is 0 Å². The number of carboxylic acid groups (broad SMARTS) is 1. The zero-order valence-corrected chi connectivity index (χ0v) is 14.9. The van der Waals surface area contributed by atoms with Crippen molar-refractivity contribution in [1.29, 1.82) is 0 Å². The molecule has 0 saturated carbocycles. The van der Waals surface area contributed by atoms with Crippen molar-refractivity contribution in [2.45, 2.75) is 19.3 Å². The van der Waals surface area contributed by atoms with Crippen molar-refractivity contribution in [2.75, 3.05) is 31.6 Å². The third-order valence-corrected chi connectivity index (χ3v) is 4.78. The number of pyridine rings is 2. The minimum absolute atomic E-state index is 0.522. The zero-order valence-electron chi connectivity index (χ0n) is 14.9. The average molecular weight is 356 g/mol. The molecular weight excluding hydrogens is 332 g/mol. The second-order valence-electron chi connectivity index (χ2n) is 6.41. The van der Waals surface area contributed by atoms with Crippen molar-refractivity contribution < 1.29 is 14.6 Å². The lowest BCUT2D eigenvalue weighted by molar-refractivity contribution is 0.193. The first-order valence-electron chi connectivity index (χ1n) is 8.84. The predicted octanol–water partition coefficient (Wildman–Crippen LogP) is 3.03. The summed E-state index contributed by atoms with van der Waals surface area (Å²) in [4.78, 5) is 21.8. The molecule has 138 valence electrons. The monoisotopic (exact) mass is 356 g/mol. The molecule has 0 bridgehead atoms. The number of carbonyl (C=O) groups is 1. The smallest absolute Gasteiger partial charge is 0.404 e. The molecule has 2 N–H and O–H groups in total. The van der Waals surface area contributed by atoms with Gasteiger partial charge >= 0.3 is 6.09 Å². The van der Waals surface area contributed by atoms with Crippen LogP contribution in [0.4, 0.5) is 10.6 Å². The third kappa shape index (κ3) is 4.41. The fourth-order valence-corrected chi connectivity index (χ4v) is 3.34. The van der Waals surface area contributed by atoms with E-state index in [0.717, 1.165) is 55.2 Å². The van der Waals surface area contributed by atoms with Crippen LogP contribution in [0.15, 0.2) is 36.7 Å². The van der Waals surface area contributed by atoms with Crippen LogP contribution in [-0.4, -0.2) is 47.9 Å². The number of amides is 1. The second-order valence-corrected chi connectivity index (χ2v) is 6.41. The van der Waals surface area contributed by atoms with Crippen LogP contribution in [0.25, 0.3) is 11.3 Å². The molecule has 2 aromatic rings. The summed E-state index contributed by atoms with van der Waals surface area (Å²) in [5, 5.41) is 11.1. The largest absolute Gasteiger partial charge is 0.496 e. The minimum Gasteiger partial charge on any atom is -0.496 e. The Bertz CT molecular complexity index is 745. The van der Waals surface area contributed by atoms with Gasteiger partial charge in [-0.15, -0.1) is 0 Å². The summed E-state index contributed by atoms with van der Waals surface area (Å²) in [5.41, 5.74) is 1.73. The second kappa shape index (κ2) is 8.51. The Hall–Kier alpha value is -2.83. The zero-order chi connectivity index (χ0) is 18.4. The summed E-state index contributed by atoms with van der Waals surface area (Å²) in [7, 11) is 1.65. The molecule has 3 rings (SSSR count). The highest BCUT2D eigenvalue weighted by Gasteiger charge is 2.20. The van der Waals surface area contributed by atoms with Gasteiger partial charge in [0.25, 0.3) is 0 Å². The number of hydrogen-bond donors (Lipinski definition) is 2. The molecule has 0 spiro atoms. The van der Waals surface area contributed by atoms with Gasteiger partial charge in [0.1, 0.15) is 11.6 Å². The van der Waals surface area contributed by atoms with E-state index >= 15 is 0 Å². The quantitative estimate of drug-likeness (QED) is 0.827. The summed E-state index contributed by atoms with van der Waals surface area (Å²) < 4.78 is 5.41. The molecule has 1 aliphatic heterocycles. The molecule has 0 atom stereocenters. The van der Waals surface area contributed by atoms with E-state index in [4.69, 9.17) is 14.8 Å². The molecule has 1 aliphatic rings. The van der Waals surface area contributed by atoms with Crippen LogP contribution in [0.2, 0.25) is 0 Å². The molecule has 3 heterocycles. The summed E-state index contributed by atoms with van der Waals surface area (Å²) in [5.74, 6) is 2.27. The van der Waals surface area contributed by atoms with Gasteiger partial charge in [0, 0.05) is 32.0 Å². The van der Waals surface area contributed by atoms with E-state index in [1.165, 1.54) is 0 Å². The molecular formula is C19H24N4O3. The van der Waals surface area contributed by atoms with Crippen LogP contribution in [-0.2, 0) is 0 Å². The van der Waals surface area contributed by atoms with Gasteiger partial charge in [0.15, 0.2) is 0 Å². The predicted molar refractivity (Wildman–Crippen MR) is 99.6 cm³/mol. The Balaban J connectivity index is 1.64. The number of anilines is 1. The molecule has 0 radical (unpaired) electrons. The number of methoxy groups -OCH3 is 1. The summed E-state index contributed by atoms with van der Waals surface area (Å²) in [6.45, 7) is 2.38. The Morgan fingerprint density at radius 2 is 2.15 bits per heavy atom. The van der Waals surface area contributed by atoms with E-state index in [2.05, 4.69) is 15.2 Å². The van der Waals surface area contributed by atoms with Gasteiger partial charge in [-0.3, -0.25) is 4.98 Å². The molecule has 7 heteroatoms. The minimum atomic E-state index is -0.950. The Kier molecular flexibility index (Phi) is 5.88. The standard InChI is InChI=1S/C19H24N4O3/c1-26-17-6-9-20-13-15(17)16-3-2-4-18(22-16)23-11-7-14(8-12-23)5-10-21-19(24)25/h2-4,6,9,13-14,21H,5,7-8,10-12H2,1H3,(H,24,25). The first-order chi connectivity index (χ1) is 12.7. The third-order valence-electron chi connectivity index (χ3n) is 4.78. The van der Waals surface area contributed by atoms with Gasteiger partial charge < -0.3 is 20.1 Å². The van der Waals surface area contributed by atoms with Gasteiger partial charge in [-0.2, -0.15) is 0 Å². The van der Waals surface area contributed by atoms with Crippen LogP contribution >= 0.6 is 0 Å². The lowest BCUT2D eigenvalue weighted by Crippen LogP contribution is -2.35. The highest BCUT2D eigenvalue weighted by Crippen LogP contribution is 2.30. The molecule has 0 aromatic carbocycles. The Labute approximate surface area is 153 Å². The van der Waals surface area contributed by atoms with Gasteiger partial charge in [-0.25, -0.2) is 9.78 Å². The lowest BCUT2D eigenvalue weighted by atomic mass is 9.93. The first kappa shape index (κ1) is 18.0. The maximum absolute atomic E-state index is 10.5. The van der Waals surface area contributed by atoms with Crippen LogP contribution in [0.5, 0.6) is 5.75 Å². The molecule has 26 heavy (non-hydrogen) atoms. The lowest BCUT2D eigenvalue weighted by Gasteiger charge is -2.33. The number of piperidine rings is 1. The van der Waals surface area contributed by atoms with E-state index in [1.807, 2.05) is 24.3 Å².